The molecule has 2 atom stereocenters. The van der Waals surface area contributed by atoms with Gasteiger partial charge in [0.1, 0.15) is 6.10 Å². The highest BCUT2D eigenvalue weighted by molar-refractivity contribution is 7.16. The highest BCUT2D eigenvalue weighted by Crippen LogP contribution is 2.36. The van der Waals surface area contributed by atoms with Crippen molar-refractivity contribution < 1.29 is 5.11 Å². The van der Waals surface area contributed by atoms with Crippen molar-refractivity contribution in [3.63, 3.8) is 0 Å². The SMILES string of the molecule is CC(C)NNC(C)C(O)c1sc(Cl)cc1C(C)C. The molecule has 1 aromatic heterocycles. The summed E-state index contributed by atoms with van der Waals surface area (Å²) >= 11 is 7.52. The number of rotatable bonds is 6. The molecule has 0 aliphatic heterocycles. The molecule has 3 nitrogen and oxygen atoms in total. The molecular formula is C13H23ClN2OS. The van der Waals surface area contributed by atoms with Gasteiger partial charge in [0, 0.05) is 17.0 Å². The van der Waals surface area contributed by atoms with Crippen molar-refractivity contribution in [3.8, 4) is 0 Å². The third-order valence-electron chi connectivity index (χ3n) is 2.72. The molecule has 1 rings (SSSR count). The number of hydrogen-bond donors (Lipinski definition) is 3. The average molecular weight is 291 g/mol. The van der Waals surface area contributed by atoms with Gasteiger partial charge in [0.2, 0.25) is 0 Å². The Morgan fingerprint density at radius 1 is 1.17 bits per heavy atom. The van der Waals surface area contributed by atoms with Gasteiger partial charge in [-0.25, -0.2) is 0 Å². The molecule has 2 unspecified atom stereocenters. The molecule has 1 heterocycles. The monoisotopic (exact) mass is 290 g/mol. The summed E-state index contributed by atoms with van der Waals surface area (Å²) in [7, 11) is 0. The van der Waals surface area contributed by atoms with E-state index in [1.54, 1.807) is 0 Å². The smallest absolute Gasteiger partial charge is 0.105 e. The van der Waals surface area contributed by atoms with Crippen LogP contribution in [0.25, 0.3) is 0 Å². The first-order chi connectivity index (χ1) is 8.32. The summed E-state index contributed by atoms with van der Waals surface area (Å²) in [5.41, 5.74) is 7.37. The number of thiophene rings is 1. The van der Waals surface area contributed by atoms with Crippen LogP contribution in [0.5, 0.6) is 0 Å². The van der Waals surface area contributed by atoms with Gasteiger partial charge >= 0.3 is 0 Å². The van der Waals surface area contributed by atoms with Crippen molar-refractivity contribution in [2.45, 2.75) is 58.7 Å². The maximum atomic E-state index is 10.4. The zero-order chi connectivity index (χ0) is 13.9. The second-order valence-corrected chi connectivity index (χ2v) is 6.92. The first-order valence-electron chi connectivity index (χ1n) is 6.31. The van der Waals surface area contributed by atoms with Gasteiger partial charge in [-0.2, -0.15) is 0 Å². The molecule has 0 spiro atoms. The summed E-state index contributed by atoms with van der Waals surface area (Å²) < 4.78 is 0.733. The zero-order valence-electron chi connectivity index (χ0n) is 11.6. The molecule has 0 fully saturated rings. The van der Waals surface area contributed by atoms with E-state index in [2.05, 4.69) is 24.7 Å². The van der Waals surface area contributed by atoms with E-state index < -0.39 is 6.10 Å². The fourth-order valence-corrected chi connectivity index (χ4v) is 3.17. The van der Waals surface area contributed by atoms with Crippen LogP contribution in [0.2, 0.25) is 4.34 Å². The van der Waals surface area contributed by atoms with Crippen LogP contribution in [0.4, 0.5) is 0 Å². The third-order valence-corrected chi connectivity index (χ3v) is 4.08. The molecule has 1 aromatic rings. The van der Waals surface area contributed by atoms with Crippen LogP contribution in [0.3, 0.4) is 0 Å². The number of hydrogen-bond acceptors (Lipinski definition) is 4. The fraction of sp³-hybridized carbons (Fsp3) is 0.692. The molecule has 0 saturated carbocycles. The quantitative estimate of drug-likeness (QED) is 0.703. The minimum atomic E-state index is -0.550. The van der Waals surface area contributed by atoms with Gasteiger partial charge in [-0.15, -0.1) is 11.3 Å². The van der Waals surface area contributed by atoms with Crippen LogP contribution in [-0.4, -0.2) is 17.2 Å². The van der Waals surface area contributed by atoms with Gasteiger partial charge in [0.25, 0.3) is 0 Å². The molecule has 0 aliphatic carbocycles. The van der Waals surface area contributed by atoms with Crippen molar-refractivity contribution >= 4 is 22.9 Å². The Balaban J connectivity index is 2.79. The van der Waals surface area contributed by atoms with Crippen LogP contribution < -0.4 is 10.9 Å². The van der Waals surface area contributed by atoms with Crippen molar-refractivity contribution in [2.24, 2.45) is 0 Å². The summed E-state index contributed by atoms with van der Waals surface area (Å²) in [5, 5.41) is 10.4. The minimum Gasteiger partial charge on any atom is -0.386 e. The second-order valence-electron chi connectivity index (χ2n) is 5.20. The van der Waals surface area contributed by atoms with Gasteiger partial charge in [-0.05, 0) is 38.3 Å². The van der Waals surface area contributed by atoms with Crippen LogP contribution in [-0.2, 0) is 0 Å². The molecule has 5 heteroatoms. The van der Waals surface area contributed by atoms with Crippen molar-refractivity contribution in [1.29, 1.82) is 0 Å². The summed E-state index contributed by atoms with van der Waals surface area (Å²) in [6.45, 7) is 10.3. The molecule has 0 radical (unpaired) electrons. The highest BCUT2D eigenvalue weighted by Gasteiger charge is 2.23. The average Bonchev–Trinajstić information content (AvgIpc) is 2.67. The minimum absolute atomic E-state index is 0.0698. The van der Waals surface area contributed by atoms with Gasteiger partial charge in [0.15, 0.2) is 0 Å². The predicted molar refractivity (Wildman–Crippen MR) is 79.2 cm³/mol. The molecule has 0 bridgehead atoms. The largest absolute Gasteiger partial charge is 0.386 e. The van der Waals surface area contributed by atoms with Gasteiger partial charge < -0.3 is 5.11 Å². The number of hydrazine groups is 1. The van der Waals surface area contributed by atoms with E-state index in [9.17, 15) is 5.11 Å². The lowest BCUT2D eigenvalue weighted by Gasteiger charge is -2.23. The van der Waals surface area contributed by atoms with E-state index in [-0.39, 0.29) is 6.04 Å². The molecule has 0 aliphatic rings. The second kappa shape index (κ2) is 6.87. The maximum Gasteiger partial charge on any atom is 0.105 e. The van der Waals surface area contributed by atoms with Gasteiger partial charge in [-0.3, -0.25) is 10.9 Å². The Morgan fingerprint density at radius 3 is 2.28 bits per heavy atom. The van der Waals surface area contributed by atoms with Crippen LogP contribution in [0.15, 0.2) is 6.07 Å². The third kappa shape index (κ3) is 4.21. The lowest BCUT2D eigenvalue weighted by molar-refractivity contribution is 0.128. The first-order valence-corrected chi connectivity index (χ1v) is 7.50. The highest BCUT2D eigenvalue weighted by atomic mass is 35.5. The Morgan fingerprint density at radius 2 is 1.78 bits per heavy atom. The predicted octanol–water partition coefficient (Wildman–Crippen LogP) is 3.45. The molecule has 104 valence electrons. The lowest BCUT2D eigenvalue weighted by Crippen LogP contribution is -2.45. The fourth-order valence-electron chi connectivity index (χ4n) is 1.67. The molecule has 18 heavy (non-hydrogen) atoms. The summed E-state index contributed by atoms with van der Waals surface area (Å²) in [4.78, 5) is 0.959. The lowest BCUT2D eigenvalue weighted by atomic mass is 10.00. The number of aliphatic hydroxyl groups is 1. The van der Waals surface area contributed by atoms with E-state index in [1.807, 2.05) is 26.8 Å². The Kier molecular flexibility index (Phi) is 6.08. The van der Waals surface area contributed by atoms with E-state index >= 15 is 0 Å². The van der Waals surface area contributed by atoms with Gasteiger partial charge in [0.05, 0.1) is 4.34 Å². The van der Waals surface area contributed by atoms with E-state index in [1.165, 1.54) is 11.3 Å². The first kappa shape index (κ1) is 15.9. The maximum absolute atomic E-state index is 10.4. The Bertz CT molecular complexity index is 379. The molecule has 0 aromatic carbocycles. The Labute approximate surface area is 119 Å². The number of aliphatic hydroxyl groups excluding tert-OH is 1. The Hall–Kier alpha value is -0.130. The van der Waals surface area contributed by atoms with E-state index in [4.69, 9.17) is 11.6 Å². The molecular weight excluding hydrogens is 268 g/mol. The number of nitrogens with one attached hydrogen (secondary N) is 2. The van der Waals surface area contributed by atoms with Crippen LogP contribution in [0, 0.1) is 0 Å². The van der Waals surface area contributed by atoms with E-state index in [0.29, 0.717) is 12.0 Å². The van der Waals surface area contributed by atoms with Crippen molar-refractivity contribution in [3.05, 3.63) is 20.8 Å². The molecule has 3 N–H and O–H groups in total. The standard InChI is InChI=1S/C13H23ClN2OS/c1-7(2)10-6-11(14)18-13(10)12(17)9(5)16-15-8(3)4/h6-9,12,15-17H,1-5H3. The van der Waals surface area contributed by atoms with Crippen molar-refractivity contribution in [1.82, 2.24) is 10.9 Å². The van der Waals surface area contributed by atoms with Crippen molar-refractivity contribution in [2.75, 3.05) is 0 Å². The summed E-state index contributed by atoms with van der Waals surface area (Å²) in [6.07, 6.45) is -0.550. The number of halogens is 1. The normalized spacial score (nSPS) is 15.4. The molecule has 0 amide bonds. The topological polar surface area (TPSA) is 44.3 Å². The molecule has 0 saturated heterocycles. The summed E-state index contributed by atoms with van der Waals surface area (Å²) in [5.74, 6) is 0.364. The van der Waals surface area contributed by atoms with Crippen LogP contribution in [0.1, 0.15) is 57.1 Å². The van der Waals surface area contributed by atoms with Crippen LogP contribution >= 0.6 is 22.9 Å². The summed E-state index contributed by atoms with van der Waals surface area (Å²) in [6, 6.07) is 2.22. The van der Waals surface area contributed by atoms with E-state index in [0.717, 1.165) is 14.8 Å². The van der Waals surface area contributed by atoms with Gasteiger partial charge in [-0.1, -0.05) is 25.4 Å². The zero-order valence-corrected chi connectivity index (χ0v) is 13.2.